The minimum absolute atomic E-state index is 0.0000331. The molecule has 1 heterocycles. The molecule has 2 atom stereocenters. The molecule has 0 radical (unpaired) electrons. The first-order valence-electron chi connectivity index (χ1n) is 6.81. The van der Waals surface area contributed by atoms with Gasteiger partial charge in [-0.2, -0.15) is 0 Å². The molecular weight excluding hydrogens is 254 g/mol. The van der Waals surface area contributed by atoms with E-state index in [-0.39, 0.29) is 23.7 Å². The molecule has 0 aliphatic carbocycles. The maximum atomic E-state index is 11.6. The first kappa shape index (κ1) is 14.5. The summed E-state index contributed by atoms with van der Waals surface area (Å²) >= 11 is 0. The van der Waals surface area contributed by atoms with Gasteiger partial charge in [-0.1, -0.05) is 24.3 Å². The Hall–Kier alpha value is -1.88. The van der Waals surface area contributed by atoms with Crippen LogP contribution in [0.2, 0.25) is 0 Å². The Morgan fingerprint density at radius 1 is 1.30 bits per heavy atom. The molecule has 2 amide bonds. The molecule has 0 saturated carbocycles. The summed E-state index contributed by atoms with van der Waals surface area (Å²) in [7, 11) is 1.90. The monoisotopic (exact) mass is 275 g/mol. The third kappa shape index (κ3) is 2.99. The Morgan fingerprint density at radius 2 is 1.95 bits per heavy atom. The van der Waals surface area contributed by atoms with Crippen LogP contribution in [0, 0.1) is 5.92 Å². The Bertz CT molecular complexity index is 498. The molecule has 20 heavy (non-hydrogen) atoms. The first-order chi connectivity index (χ1) is 9.52. The van der Waals surface area contributed by atoms with Crippen LogP contribution in [0.4, 0.5) is 0 Å². The minimum Gasteiger partial charge on any atom is -0.369 e. The topological polar surface area (TPSA) is 75.4 Å². The summed E-state index contributed by atoms with van der Waals surface area (Å²) in [5, 5.41) is 3.09. The molecule has 3 N–H and O–H groups in total. The van der Waals surface area contributed by atoms with Crippen molar-refractivity contribution in [3.05, 3.63) is 35.4 Å². The van der Waals surface area contributed by atoms with Gasteiger partial charge in [-0.25, -0.2) is 0 Å². The number of likely N-dealkylation sites (tertiary alicyclic amines) is 1. The van der Waals surface area contributed by atoms with Crippen LogP contribution in [0.3, 0.4) is 0 Å². The fourth-order valence-electron chi connectivity index (χ4n) is 2.77. The summed E-state index contributed by atoms with van der Waals surface area (Å²) in [5.41, 5.74) is 7.73. The van der Waals surface area contributed by atoms with Crippen LogP contribution in [0.25, 0.3) is 0 Å². The first-order valence-corrected chi connectivity index (χ1v) is 6.81. The van der Waals surface area contributed by atoms with Crippen molar-refractivity contribution < 1.29 is 9.59 Å². The van der Waals surface area contributed by atoms with E-state index in [0.29, 0.717) is 13.1 Å². The maximum absolute atomic E-state index is 11.6. The fourth-order valence-corrected chi connectivity index (χ4v) is 2.77. The zero-order chi connectivity index (χ0) is 14.7. The van der Waals surface area contributed by atoms with Gasteiger partial charge in [-0.15, -0.1) is 0 Å². The van der Waals surface area contributed by atoms with Crippen LogP contribution in [0.15, 0.2) is 24.3 Å². The molecule has 1 aliphatic heterocycles. The summed E-state index contributed by atoms with van der Waals surface area (Å²) < 4.78 is 0. The SMILES string of the molecule is CNCc1ccc([C@@H]2CN(C(C)=O)C[C@H]2C(N)=O)cc1. The van der Waals surface area contributed by atoms with E-state index < -0.39 is 0 Å². The lowest BCUT2D eigenvalue weighted by Crippen LogP contribution is -2.30. The average Bonchev–Trinajstić information content (AvgIpc) is 2.85. The van der Waals surface area contributed by atoms with Gasteiger partial charge in [-0.05, 0) is 18.2 Å². The molecule has 1 fully saturated rings. The van der Waals surface area contributed by atoms with E-state index >= 15 is 0 Å². The number of amides is 2. The van der Waals surface area contributed by atoms with Crippen molar-refractivity contribution in [1.29, 1.82) is 0 Å². The van der Waals surface area contributed by atoms with E-state index in [1.807, 2.05) is 31.3 Å². The molecule has 0 spiro atoms. The smallest absolute Gasteiger partial charge is 0.223 e. The van der Waals surface area contributed by atoms with Gasteiger partial charge in [0.15, 0.2) is 0 Å². The van der Waals surface area contributed by atoms with Crippen LogP contribution in [0.5, 0.6) is 0 Å². The van der Waals surface area contributed by atoms with Gasteiger partial charge in [0.2, 0.25) is 11.8 Å². The van der Waals surface area contributed by atoms with Gasteiger partial charge in [0, 0.05) is 32.5 Å². The van der Waals surface area contributed by atoms with Gasteiger partial charge in [-0.3, -0.25) is 9.59 Å². The molecule has 5 heteroatoms. The molecule has 0 aromatic heterocycles. The van der Waals surface area contributed by atoms with E-state index in [0.717, 1.165) is 12.1 Å². The highest BCUT2D eigenvalue weighted by atomic mass is 16.2. The van der Waals surface area contributed by atoms with Crippen LogP contribution < -0.4 is 11.1 Å². The van der Waals surface area contributed by atoms with E-state index in [1.54, 1.807) is 4.90 Å². The number of carbonyl (C=O) groups excluding carboxylic acids is 2. The molecule has 1 aromatic rings. The standard InChI is InChI=1S/C15H21N3O2/c1-10(19)18-8-13(14(9-18)15(16)20)12-5-3-11(4-6-12)7-17-2/h3-6,13-14,17H,7-9H2,1-2H3,(H2,16,20)/t13-,14+/m0/s1. The number of carbonyl (C=O) groups is 2. The van der Waals surface area contributed by atoms with E-state index in [4.69, 9.17) is 5.73 Å². The molecule has 5 nitrogen and oxygen atoms in total. The van der Waals surface area contributed by atoms with Crippen molar-refractivity contribution in [3.63, 3.8) is 0 Å². The lowest BCUT2D eigenvalue weighted by molar-refractivity contribution is -0.128. The predicted octanol–water partition coefficient (Wildman–Crippen LogP) is 0.453. The number of primary amides is 1. The Balaban J connectivity index is 2.20. The molecule has 0 bridgehead atoms. The maximum Gasteiger partial charge on any atom is 0.223 e. The number of nitrogens with two attached hydrogens (primary N) is 1. The van der Waals surface area contributed by atoms with E-state index in [9.17, 15) is 9.59 Å². The van der Waals surface area contributed by atoms with Crippen molar-refractivity contribution in [2.45, 2.75) is 19.4 Å². The van der Waals surface area contributed by atoms with Crippen LogP contribution >= 0.6 is 0 Å². The molecule has 2 rings (SSSR count). The summed E-state index contributed by atoms with van der Waals surface area (Å²) in [6.07, 6.45) is 0. The lowest BCUT2D eigenvalue weighted by Gasteiger charge is -2.16. The number of benzene rings is 1. The zero-order valence-corrected chi connectivity index (χ0v) is 11.9. The number of nitrogens with zero attached hydrogens (tertiary/aromatic N) is 1. The van der Waals surface area contributed by atoms with Gasteiger partial charge in [0.1, 0.15) is 0 Å². The number of hydrogen-bond acceptors (Lipinski definition) is 3. The Labute approximate surface area is 119 Å². The van der Waals surface area contributed by atoms with Gasteiger partial charge in [0.25, 0.3) is 0 Å². The highest BCUT2D eigenvalue weighted by Crippen LogP contribution is 2.32. The Morgan fingerprint density at radius 3 is 2.45 bits per heavy atom. The third-order valence-electron chi connectivity index (χ3n) is 3.92. The normalized spacial score (nSPS) is 22.0. The second-order valence-corrected chi connectivity index (χ2v) is 5.31. The summed E-state index contributed by atoms with van der Waals surface area (Å²) in [6.45, 7) is 3.32. The highest BCUT2D eigenvalue weighted by Gasteiger charge is 2.38. The lowest BCUT2D eigenvalue weighted by atomic mass is 9.88. The zero-order valence-electron chi connectivity index (χ0n) is 11.9. The largest absolute Gasteiger partial charge is 0.369 e. The number of hydrogen-bond donors (Lipinski definition) is 2. The van der Waals surface area contributed by atoms with Crippen molar-refractivity contribution in [2.75, 3.05) is 20.1 Å². The van der Waals surface area contributed by atoms with Crippen LogP contribution in [0.1, 0.15) is 24.0 Å². The van der Waals surface area contributed by atoms with Gasteiger partial charge >= 0.3 is 0 Å². The number of nitrogens with one attached hydrogen (secondary N) is 1. The van der Waals surface area contributed by atoms with Crippen LogP contribution in [-0.2, 0) is 16.1 Å². The van der Waals surface area contributed by atoms with E-state index in [2.05, 4.69) is 5.32 Å². The fraction of sp³-hybridized carbons (Fsp3) is 0.467. The molecule has 108 valence electrons. The Kier molecular flexibility index (Phi) is 4.39. The summed E-state index contributed by atoms with van der Waals surface area (Å²) in [5.74, 6) is -0.641. The number of rotatable bonds is 4. The second-order valence-electron chi connectivity index (χ2n) is 5.31. The highest BCUT2D eigenvalue weighted by molar-refractivity contribution is 5.81. The van der Waals surface area contributed by atoms with Crippen molar-refractivity contribution in [2.24, 2.45) is 11.7 Å². The van der Waals surface area contributed by atoms with Gasteiger partial charge in [0.05, 0.1) is 5.92 Å². The summed E-state index contributed by atoms with van der Waals surface area (Å²) in [6, 6.07) is 8.13. The van der Waals surface area contributed by atoms with Crippen molar-refractivity contribution in [1.82, 2.24) is 10.2 Å². The molecule has 1 aromatic carbocycles. The molecular formula is C15H21N3O2. The predicted molar refractivity (Wildman–Crippen MR) is 76.9 cm³/mol. The quantitative estimate of drug-likeness (QED) is 0.838. The second kappa shape index (κ2) is 6.05. The molecule has 1 aliphatic rings. The van der Waals surface area contributed by atoms with Crippen molar-refractivity contribution in [3.8, 4) is 0 Å². The van der Waals surface area contributed by atoms with Crippen LogP contribution in [-0.4, -0.2) is 36.9 Å². The molecule has 1 saturated heterocycles. The van der Waals surface area contributed by atoms with E-state index in [1.165, 1.54) is 12.5 Å². The summed E-state index contributed by atoms with van der Waals surface area (Å²) in [4.78, 5) is 24.8. The van der Waals surface area contributed by atoms with Crippen molar-refractivity contribution >= 4 is 11.8 Å². The minimum atomic E-state index is -0.335. The third-order valence-corrected chi connectivity index (χ3v) is 3.92. The average molecular weight is 275 g/mol. The van der Waals surface area contributed by atoms with Gasteiger partial charge < -0.3 is 16.0 Å². The molecule has 0 unspecified atom stereocenters.